The summed E-state index contributed by atoms with van der Waals surface area (Å²) in [7, 11) is 1.51. The molecule has 4 amide bonds. The van der Waals surface area contributed by atoms with Gasteiger partial charge in [0.2, 0.25) is 0 Å². The first kappa shape index (κ1) is 23.4. The van der Waals surface area contributed by atoms with E-state index in [2.05, 4.69) is 5.32 Å². The smallest absolute Gasteiger partial charge is 0.335 e. The van der Waals surface area contributed by atoms with Crippen molar-refractivity contribution in [1.29, 1.82) is 0 Å². The van der Waals surface area contributed by atoms with E-state index in [1.807, 2.05) is 0 Å². The second-order valence-electron chi connectivity index (χ2n) is 7.22. The fourth-order valence-electron chi connectivity index (χ4n) is 3.30. The number of anilines is 1. The van der Waals surface area contributed by atoms with Gasteiger partial charge < -0.3 is 9.47 Å². The number of amides is 4. The predicted molar refractivity (Wildman–Crippen MR) is 129 cm³/mol. The third-order valence-electron chi connectivity index (χ3n) is 5.05. The standard InChI is InChI=1S/C25H18Cl2N2O5/c1-33-19-10-8-18(9-11-19)29-24(31)20(23(30)28-25(29)32)12-15-4-2-3-5-22(15)34-14-16-6-7-17(26)13-21(16)27/h2-13H,14H2,1H3,(H,28,30,32)/b20-12+. The van der Waals surface area contributed by atoms with Crippen LogP contribution < -0.4 is 19.7 Å². The highest BCUT2D eigenvalue weighted by Crippen LogP contribution is 2.28. The molecule has 0 unspecified atom stereocenters. The van der Waals surface area contributed by atoms with E-state index in [0.29, 0.717) is 32.8 Å². The van der Waals surface area contributed by atoms with Crippen molar-refractivity contribution in [3.63, 3.8) is 0 Å². The molecule has 4 rings (SSSR count). The van der Waals surface area contributed by atoms with Crippen LogP contribution in [0.3, 0.4) is 0 Å². The number of urea groups is 1. The van der Waals surface area contributed by atoms with Crippen molar-refractivity contribution in [2.45, 2.75) is 6.61 Å². The van der Waals surface area contributed by atoms with E-state index >= 15 is 0 Å². The Labute approximate surface area is 205 Å². The number of barbiturate groups is 1. The topological polar surface area (TPSA) is 84.9 Å². The minimum Gasteiger partial charge on any atom is -0.497 e. The molecule has 3 aromatic carbocycles. The van der Waals surface area contributed by atoms with Crippen LogP contribution in [0.5, 0.6) is 11.5 Å². The SMILES string of the molecule is COc1ccc(N2C(=O)NC(=O)/C(=C\c3ccccc3OCc3ccc(Cl)cc3Cl)C2=O)cc1. The summed E-state index contributed by atoms with van der Waals surface area (Å²) in [6.45, 7) is 0.146. The molecule has 0 aromatic heterocycles. The number of hydrogen-bond donors (Lipinski definition) is 1. The molecule has 1 saturated heterocycles. The molecule has 1 aliphatic heterocycles. The number of benzene rings is 3. The largest absolute Gasteiger partial charge is 0.497 e. The lowest BCUT2D eigenvalue weighted by Gasteiger charge is -2.26. The fraction of sp³-hybridized carbons (Fsp3) is 0.0800. The summed E-state index contributed by atoms with van der Waals surface area (Å²) in [6.07, 6.45) is 1.39. The minimum absolute atomic E-state index is 0.146. The van der Waals surface area contributed by atoms with Gasteiger partial charge in [0, 0.05) is 21.2 Å². The first-order valence-corrected chi connectivity index (χ1v) is 10.8. The van der Waals surface area contributed by atoms with E-state index in [1.54, 1.807) is 66.7 Å². The quantitative estimate of drug-likeness (QED) is 0.372. The number of imide groups is 2. The number of hydrogen-bond acceptors (Lipinski definition) is 5. The number of carbonyl (C=O) groups is 3. The summed E-state index contributed by atoms with van der Waals surface area (Å²) in [5.41, 5.74) is 1.28. The van der Waals surface area contributed by atoms with Crippen molar-refractivity contribution in [2.75, 3.05) is 12.0 Å². The van der Waals surface area contributed by atoms with Gasteiger partial charge in [-0.25, -0.2) is 9.69 Å². The first-order valence-electron chi connectivity index (χ1n) is 10.1. The first-order chi connectivity index (χ1) is 16.4. The molecule has 0 saturated carbocycles. The second-order valence-corrected chi connectivity index (χ2v) is 8.06. The summed E-state index contributed by atoms with van der Waals surface area (Å²) >= 11 is 12.2. The van der Waals surface area contributed by atoms with Crippen LogP contribution in [0.25, 0.3) is 6.08 Å². The van der Waals surface area contributed by atoms with Crippen LogP contribution in [-0.4, -0.2) is 25.0 Å². The van der Waals surface area contributed by atoms with Gasteiger partial charge in [0.15, 0.2) is 0 Å². The number of nitrogens with one attached hydrogen (secondary N) is 1. The normalized spacial score (nSPS) is 14.9. The van der Waals surface area contributed by atoms with E-state index in [-0.39, 0.29) is 12.2 Å². The van der Waals surface area contributed by atoms with Crippen molar-refractivity contribution in [3.05, 3.63) is 93.5 Å². The molecule has 0 spiro atoms. The van der Waals surface area contributed by atoms with Gasteiger partial charge in [0.25, 0.3) is 11.8 Å². The average Bonchev–Trinajstić information content (AvgIpc) is 2.82. The van der Waals surface area contributed by atoms with Gasteiger partial charge in [0.1, 0.15) is 23.7 Å². The van der Waals surface area contributed by atoms with Gasteiger partial charge in [-0.3, -0.25) is 14.9 Å². The highest BCUT2D eigenvalue weighted by atomic mass is 35.5. The molecule has 9 heteroatoms. The van der Waals surface area contributed by atoms with E-state index in [9.17, 15) is 14.4 Å². The zero-order chi connectivity index (χ0) is 24.2. The van der Waals surface area contributed by atoms with Crippen molar-refractivity contribution < 1.29 is 23.9 Å². The Morgan fingerprint density at radius 2 is 1.71 bits per heavy atom. The maximum atomic E-state index is 13.1. The van der Waals surface area contributed by atoms with Crippen LogP contribution >= 0.6 is 23.2 Å². The number of carbonyl (C=O) groups excluding carboxylic acids is 3. The molecule has 1 heterocycles. The van der Waals surface area contributed by atoms with E-state index < -0.39 is 17.8 Å². The average molecular weight is 497 g/mol. The molecule has 1 aliphatic rings. The van der Waals surface area contributed by atoms with E-state index in [4.69, 9.17) is 32.7 Å². The highest BCUT2D eigenvalue weighted by Gasteiger charge is 2.37. The number of nitrogens with zero attached hydrogens (tertiary/aromatic N) is 1. The Morgan fingerprint density at radius 1 is 0.971 bits per heavy atom. The maximum absolute atomic E-state index is 13.1. The minimum atomic E-state index is -0.834. The number of halogens is 2. The number of rotatable bonds is 6. The Balaban J connectivity index is 1.62. The molecule has 7 nitrogen and oxygen atoms in total. The zero-order valence-corrected chi connectivity index (χ0v) is 19.4. The molecule has 1 fully saturated rings. The summed E-state index contributed by atoms with van der Waals surface area (Å²) in [6, 6.07) is 17.5. The molecule has 0 atom stereocenters. The molecule has 3 aromatic rings. The van der Waals surface area contributed by atoms with E-state index in [1.165, 1.54) is 13.2 Å². The van der Waals surface area contributed by atoms with Crippen LogP contribution in [0, 0.1) is 0 Å². The molecular formula is C25H18Cl2N2O5. The Bertz CT molecular complexity index is 1300. The number of ether oxygens (including phenoxy) is 2. The van der Waals surface area contributed by atoms with Crippen LogP contribution in [0.15, 0.2) is 72.3 Å². The summed E-state index contributed by atoms with van der Waals surface area (Å²) < 4.78 is 11.0. The summed E-state index contributed by atoms with van der Waals surface area (Å²) in [5, 5.41) is 3.17. The van der Waals surface area contributed by atoms with Gasteiger partial charge >= 0.3 is 6.03 Å². The van der Waals surface area contributed by atoms with Crippen molar-refractivity contribution in [1.82, 2.24) is 5.32 Å². The Morgan fingerprint density at radius 3 is 2.41 bits per heavy atom. The molecule has 34 heavy (non-hydrogen) atoms. The van der Waals surface area contributed by atoms with E-state index in [0.717, 1.165) is 10.5 Å². The summed E-state index contributed by atoms with van der Waals surface area (Å²) in [4.78, 5) is 39.0. The molecular weight excluding hydrogens is 479 g/mol. The van der Waals surface area contributed by atoms with Crippen LogP contribution in [-0.2, 0) is 16.2 Å². The fourth-order valence-corrected chi connectivity index (χ4v) is 3.77. The highest BCUT2D eigenvalue weighted by molar-refractivity contribution is 6.39. The van der Waals surface area contributed by atoms with Crippen LogP contribution in [0.1, 0.15) is 11.1 Å². The second kappa shape index (κ2) is 9.99. The van der Waals surface area contributed by atoms with Gasteiger partial charge in [-0.2, -0.15) is 0 Å². The molecule has 0 aliphatic carbocycles. The molecule has 0 radical (unpaired) electrons. The molecule has 172 valence electrons. The Kier molecular flexibility index (Phi) is 6.86. The lowest BCUT2D eigenvalue weighted by atomic mass is 10.1. The molecule has 0 bridgehead atoms. The molecule has 1 N–H and O–H groups in total. The van der Waals surface area contributed by atoms with Gasteiger partial charge in [-0.05, 0) is 48.5 Å². The van der Waals surface area contributed by atoms with Crippen LogP contribution in [0.2, 0.25) is 10.0 Å². The summed E-state index contributed by atoms with van der Waals surface area (Å²) in [5.74, 6) is -0.563. The maximum Gasteiger partial charge on any atom is 0.335 e. The monoisotopic (exact) mass is 496 g/mol. The third-order valence-corrected chi connectivity index (χ3v) is 5.64. The third kappa shape index (κ3) is 4.90. The zero-order valence-electron chi connectivity index (χ0n) is 17.9. The van der Waals surface area contributed by atoms with Gasteiger partial charge in [0.05, 0.1) is 12.8 Å². The lowest BCUT2D eigenvalue weighted by Crippen LogP contribution is -2.54. The number of methoxy groups -OCH3 is 1. The van der Waals surface area contributed by atoms with Crippen molar-refractivity contribution in [3.8, 4) is 11.5 Å². The van der Waals surface area contributed by atoms with Crippen molar-refractivity contribution >= 4 is 52.8 Å². The van der Waals surface area contributed by atoms with Gasteiger partial charge in [-0.1, -0.05) is 47.5 Å². The van der Waals surface area contributed by atoms with Gasteiger partial charge in [-0.15, -0.1) is 0 Å². The lowest BCUT2D eigenvalue weighted by molar-refractivity contribution is -0.122. The van der Waals surface area contributed by atoms with Crippen molar-refractivity contribution in [2.24, 2.45) is 0 Å². The van der Waals surface area contributed by atoms with Crippen LogP contribution in [0.4, 0.5) is 10.5 Å². The Hall–Kier alpha value is -3.81. The predicted octanol–water partition coefficient (Wildman–Crippen LogP) is 5.25. The number of para-hydroxylation sites is 1.